The minimum atomic E-state index is -0.402. The van der Waals surface area contributed by atoms with Crippen LogP contribution >= 0.6 is 11.3 Å². The quantitative estimate of drug-likeness (QED) is 0.597. The molecule has 1 aromatic carbocycles. The lowest BCUT2D eigenvalue weighted by Gasteiger charge is -2.39. The maximum absolute atomic E-state index is 13.6. The van der Waals surface area contributed by atoms with E-state index in [-0.39, 0.29) is 29.7 Å². The van der Waals surface area contributed by atoms with Crippen molar-refractivity contribution in [3.05, 3.63) is 75.3 Å². The average molecular weight is 464 g/mol. The Balaban J connectivity index is 1.53. The molecule has 0 saturated heterocycles. The van der Waals surface area contributed by atoms with E-state index < -0.39 is 5.92 Å². The molecule has 1 saturated carbocycles. The van der Waals surface area contributed by atoms with Crippen LogP contribution in [0, 0.1) is 5.92 Å². The molecule has 5 nitrogen and oxygen atoms in total. The van der Waals surface area contributed by atoms with Gasteiger partial charge in [0.05, 0.1) is 18.6 Å². The van der Waals surface area contributed by atoms with Gasteiger partial charge in [0.2, 0.25) is 0 Å². The first-order chi connectivity index (χ1) is 16.0. The lowest BCUT2D eigenvalue weighted by atomic mass is 9.70. The smallest absolute Gasteiger partial charge is 0.336 e. The molecule has 33 heavy (non-hydrogen) atoms. The highest BCUT2D eigenvalue weighted by Crippen LogP contribution is 2.47. The third kappa shape index (κ3) is 4.24. The number of benzene rings is 1. The van der Waals surface area contributed by atoms with E-state index in [0.29, 0.717) is 12.0 Å². The van der Waals surface area contributed by atoms with Crippen LogP contribution in [0.25, 0.3) is 0 Å². The number of ketones is 1. The molecule has 1 aliphatic heterocycles. The minimum Gasteiger partial charge on any atom is -0.497 e. The largest absolute Gasteiger partial charge is 0.497 e. The van der Waals surface area contributed by atoms with Gasteiger partial charge >= 0.3 is 5.97 Å². The monoisotopic (exact) mass is 463 g/mol. The van der Waals surface area contributed by atoms with Gasteiger partial charge in [-0.1, -0.05) is 24.3 Å². The summed E-state index contributed by atoms with van der Waals surface area (Å²) in [6, 6.07) is 11.9. The standard InChI is InChI=1S/C27H29NO4S/c1-16-24(27(30)32-19-8-3-4-9-19)26(23-11-6-12-33-23)25-21(28-16)14-18(15-22(25)29)17-7-5-10-20(13-17)31-2/h5-7,10-14,18-19,25-26,28H,3-4,8-9,15H2,1-2H3. The fourth-order valence-corrected chi connectivity index (χ4v) is 6.30. The Morgan fingerprint density at radius 3 is 2.67 bits per heavy atom. The van der Waals surface area contributed by atoms with E-state index in [4.69, 9.17) is 9.47 Å². The molecule has 1 aromatic heterocycles. The Hall–Kier alpha value is -2.86. The highest BCUT2D eigenvalue weighted by molar-refractivity contribution is 7.10. The van der Waals surface area contributed by atoms with Crippen LogP contribution in [0.4, 0.5) is 0 Å². The van der Waals surface area contributed by atoms with Crippen LogP contribution in [-0.2, 0) is 14.3 Å². The number of Topliss-reactive ketones (excluding diaryl/α,β-unsaturated/α-hetero) is 1. The van der Waals surface area contributed by atoms with E-state index in [1.54, 1.807) is 18.4 Å². The van der Waals surface area contributed by atoms with Gasteiger partial charge in [-0.05, 0) is 61.7 Å². The Morgan fingerprint density at radius 1 is 1.12 bits per heavy atom. The number of fused-ring (bicyclic) bond motifs is 1. The van der Waals surface area contributed by atoms with Crippen molar-refractivity contribution >= 4 is 23.1 Å². The number of nitrogens with one attached hydrogen (secondary N) is 1. The number of ether oxygens (including phenoxy) is 2. The Bertz CT molecular complexity index is 1110. The predicted molar refractivity (Wildman–Crippen MR) is 128 cm³/mol. The lowest BCUT2D eigenvalue weighted by molar-refractivity contribution is -0.144. The molecule has 1 fully saturated rings. The number of hydrogen-bond donors (Lipinski definition) is 1. The first-order valence-corrected chi connectivity index (χ1v) is 12.5. The van der Waals surface area contributed by atoms with Crippen LogP contribution in [-0.4, -0.2) is 25.0 Å². The second kappa shape index (κ2) is 9.18. The summed E-state index contributed by atoms with van der Waals surface area (Å²) in [5, 5.41) is 5.42. The molecule has 2 aromatic rings. The summed E-state index contributed by atoms with van der Waals surface area (Å²) in [6.45, 7) is 1.92. The zero-order valence-electron chi connectivity index (χ0n) is 19.0. The fraction of sp³-hybridized carbons (Fsp3) is 0.407. The minimum absolute atomic E-state index is 0.0155. The van der Waals surface area contributed by atoms with Crippen molar-refractivity contribution in [3.63, 3.8) is 0 Å². The number of thiophene rings is 1. The first kappa shape index (κ1) is 22.0. The van der Waals surface area contributed by atoms with E-state index in [1.165, 1.54) is 0 Å². The zero-order valence-corrected chi connectivity index (χ0v) is 19.8. The van der Waals surface area contributed by atoms with Gasteiger partial charge in [0.15, 0.2) is 0 Å². The number of carbonyl (C=O) groups excluding carboxylic acids is 2. The van der Waals surface area contributed by atoms with E-state index in [0.717, 1.165) is 53.3 Å². The van der Waals surface area contributed by atoms with E-state index in [2.05, 4.69) is 11.4 Å². The van der Waals surface area contributed by atoms with Crippen LogP contribution in [0.3, 0.4) is 0 Å². The van der Waals surface area contributed by atoms with Gasteiger partial charge in [-0.25, -0.2) is 4.79 Å². The Kier molecular flexibility index (Phi) is 6.11. The molecule has 5 rings (SSSR count). The number of carbonyl (C=O) groups is 2. The van der Waals surface area contributed by atoms with Crippen molar-refractivity contribution in [1.82, 2.24) is 5.32 Å². The maximum Gasteiger partial charge on any atom is 0.336 e. The van der Waals surface area contributed by atoms with Gasteiger partial charge in [-0.3, -0.25) is 4.79 Å². The summed E-state index contributed by atoms with van der Waals surface area (Å²) >= 11 is 1.59. The van der Waals surface area contributed by atoms with Crippen molar-refractivity contribution in [1.29, 1.82) is 0 Å². The summed E-state index contributed by atoms with van der Waals surface area (Å²) in [5.41, 5.74) is 3.31. The molecule has 0 radical (unpaired) electrons. The molecule has 3 atom stereocenters. The van der Waals surface area contributed by atoms with Crippen molar-refractivity contribution in [2.75, 3.05) is 7.11 Å². The summed E-state index contributed by atoms with van der Waals surface area (Å²) in [5.74, 6) is -0.112. The fourth-order valence-electron chi connectivity index (χ4n) is 5.43. The predicted octanol–water partition coefficient (Wildman–Crippen LogP) is 5.46. The molecule has 1 N–H and O–H groups in total. The van der Waals surface area contributed by atoms with Crippen LogP contribution in [0.5, 0.6) is 5.75 Å². The topological polar surface area (TPSA) is 64.6 Å². The molecule has 2 heterocycles. The summed E-state index contributed by atoms with van der Waals surface area (Å²) in [7, 11) is 1.65. The zero-order chi connectivity index (χ0) is 22.9. The van der Waals surface area contributed by atoms with Gasteiger partial charge in [0.25, 0.3) is 0 Å². The third-order valence-electron chi connectivity index (χ3n) is 7.03. The maximum atomic E-state index is 13.6. The van der Waals surface area contributed by atoms with E-state index >= 15 is 0 Å². The van der Waals surface area contributed by atoms with E-state index in [9.17, 15) is 9.59 Å². The molecule has 0 spiro atoms. The molecule has 0 bridgehead atoms. The van der Waals surface area contributed by atoms with E-state index in [1.807, 2.05) is 48.7 Å². The Labute approximate surface area is 198 Å². The van der Waals surface area contributed by atoms with Crippen LogP contribution in [0.15, 0.2) is 64.8 Å². The average Bonchev–Trinajstić information content (AvgIpc) is 3.52. The SMILES string of the molecule is COc1cccc(C2C=C3NC(C)=C(C(=O)OC4CCCC4)C(c4cccs4)C3C(=O)C2)c1. The summed E-state index contributed by atoms with van der Waals surface area (Å²) in [6.07, 6.45) is 6.58. The number of rotatable bonds is 5. The number of methoxy groups -OCH3 is 1. The first-order valence-electron chi connectivity index (χ1n) is 11.7. The number of esters is 1. The van der Waals surface area contributed by atoms with Gasteiger partial charge in [-0.2, -0.15) is 0 Å². The molecule has 6 heteroatoms. The lowest BCUT2D eigenvalue weighted by Crippen LogP contribution is -2.42. The molecule has 172 valence electrons. The normalized spacial score (nSPS) is 25.3. The molecular weight excluding hydrogens is 434 g/mol. The van der Waals surface area contributed by atoms with Gasteiger partial charge < -0.3 is 14.8 Å². The van der Waals surface area contributed by atoms with Gasteiger partial charge in [0.1, 0.15) is 17.6 Å². The molecule has 0 amide bonds. The van der Waals surface area contributed by atoms with Crippen LogP contribution < -0.4 is 10.1 Å². The second-order valence-corrected chi connectivity index (χ2v) is 10.1. The molecule has 3 aliphatic rings. The van der Waals surface area contributed by atoms with Crippen molar-refractivity contribution in [2.45, 2.75) is 57.0 Å². The van der Waals surface area contributed by atoms with Crippen molar-refractivity contribution < 1.29 is 19.1 Å². The van der Waals surface area contributed by atoms with Crippen LogP contribution in [0.2, 0.25) is 0 Å². The number of allylic oxidation sites excluding steroid dienone is 3. The number of hydrogen-bond acceptors (Lipinski definition) is 6. The molecule has 3 unspecified atom stereocenters. The highest BCUT2D eigenvalue weighted by Gasteiger charge is 2.45. The van der Waals surface area contributed by atoms with Crippen molar-refractivity contribution in [3.8, 4) is 5.75 Å². The van der Waals surface area contributed by atoms with Crippen LogP contribution in [0.1, 0.15) is 61.3 Å². The third-order valence-corrected chi connectivity index (χ3v) is 7.99. The second-order valence-electron chi connectivity index (χ2n) is 9.12. The van der Waals surface area contributed by atoms with Gasteiger partial charge in [-0.15, -0.1) is 11.3 Å². The Morgan fingerprint density at radius 2 is 1.94 bits per heavy atom. The molecular formula is C27H29NO4S. The summed E-state index contributed by atoms with van der Waals surface area (Å²) < 4.78 is 11.3. The van der Waals surface area contributed by atoms with Gasteiger partial charge in [0, 0.05) is 34.5 Å². The van der Waals surface area contributed by atoms with Crippen molar-refractivity contribution in [2.24, 2.45) is 5.92 Å². The highest BCUT2D eigenvalue weighted by atomic mass is 32.1. The summed E-state index contributed by atoms with van der Waals surface area (Å²) in [4.78, 5) is 28.0. The molecule has 2 aliphatic carbocycles.